The van der Waals surface area contributed by atoms with Crippen molar-refractivity contribution in [2.24, 2.45) is 5.92 Å². The molecule has 2 amide bonds. The maximum absolute atomic E-state index is 12.7. The minimum Gasteiger partial charge on any atom is -0.463 e. The van der Waals surface area contributed by atoms with E-state index >= 15 is 0 Å². The normalized spacial score (nSPS) is 13.5. The molecule has 0 aromatic heterocycles. The van der Waals surface area contributed by atoms with Crippen LogP contribution >= 0.6 is 0 Å². The second-order valence-corrected chi connectivity index (χ2v) is 7.63. The van der Waals surface area contributed by atoms with Crippen molar-refractivity contribution in [1.29, 1.82) is 0 Å². The number of hydrogen-bond acceptors (Lipinski definition) is 5. The van der Waals surface area contributed by atoms with Crippen molar-refractivity contribution in [3.05, 3.63) is 11.6 Å². The fourth-order valence-electron chi connectivity index (χ4n) is 3.34. The third kappa shape index (κ3) is 6.62. The molecule has 0 saturated carbocycles. The Hall–Kier alpha value is -1.89. The molecule has 0 rings (SSSR count). The first kappa shape index (κ1) is 26.1. The van der Waals surface area contributed by atoms with Crippen molar-refractivity contribution < 1.29 is 19.1 Å². The van der Waals surface area contributed by atoms with Crippen molar-refractivity contribution in [3.63, 3.8) is 0 Å². The summed E-state index contributed by atoms with van der Waals surface area (Å²) < 4.78 is 5.02. The van der Waals surface area contributed by atoms with Gasteiger partial charge in [-0.25, -0.2) is 4.79 Å². The molecule has 28 heavy (non-hydrogen) atoms. The number of esters is 1. The van der Waals surface area contributed by atoms with E-state index in [0.717, 1.165) is 0 Å². The van der Waals surface area contributed by atoms with Gasteiger partial charge in [-0.3, -0.25) is 14.5 Å². The molecule has 1 N–H and O–H groups in total. The molecule has 1 atom stereocenters. The molecule has 0 aliphatic carbocycles. The molecule has 0 radical (unpaired) electrons. The Morgan fingerprint density at radius 2 is 1.61 bits per heavy atom. The summed E-state index contributed by atoms with van der Waals surface area (Å²) in [6.45, 7) is 11.6. The Bertz CT molecular complexity index is 566. The smallest absolute Gasteiger partial charge is 0.333 e. The van der Waals surface area contributed by atoms with Gasteiger partial charge in [0.25, 0.3) is 0 Å². The number of hydrogen-bond donors (Lipinski definition) is 1. The largest absolute Gasteiger partial charge is 0.463 e. The van der Waals surface area contributed by atoms with Gasteiger partial charge in [0, 0.05) is 12.6 Å². The predicted molar refractivity (Wildman–Crippen MR) is 112 cm³/mol. The number of nitrogens with zero attached hydrogens (tertiary/aromatic N) is 2. The van der Waals surface area contributed by atoms with Crippen LogP contribution in [-0.4, -0.2) is 73.5 Å². The van der Waals surface area contributed by atoms with Gasteiger partial charge in [-0.15, -0.1) is 0 Å². The number of nitrogens with one attached hydrogen (secondary N) is 1. The number of ether oxygens (including phenoxy) is 1. The van der Waals surface area contributed by atoms with Crippen LogP contribution in [0.25, 0.3) is 0 Å². The van der Waals surface area contributed by atoms with Crippen LogP contribution in [-0.2, 0) is 19.1 Å². The molecule has 0 aliphatic rings. The molecular formula is C21H39N3O4. The van der Waals surface area contributed by atoms with Gasteiger partial charge < -0.3 is 15.0 Å². The molecule has 0 aliphatic heterocycles. The Morgan fingerprint density at radius 3 is 2.00 bits per heavy atom. The average molecular weight is 398 g/mol. The summed E-state index contributed by atoms with van der Waals surface area (Å²) in [5, 5.41) is 2.79. The van der Waals surface area contributed by atoms with E-state index in [2.05, 4.69) is 5.32 Å². The Labute approximate surface area is 170 Å². The van der Waals surface area contributed by atoms with E-state index in [1.165, 1.54) is 0 Å². The Morgan fingerprint density at radius 1 is 1.07 bits per heavy atom. The fraction of sp³-hybridized carbons (Fsp3) is 0.762. The summed E-state index contributed by atoms with van der Waals surface area (Å²) in [6, 6.07) is -0.273. The standard InChI is InChI=1S/C21H39N3O4/c1-10-21(11-2,23(7)8)20(27)22-14-18(25)24(9)17(15(4)5)13-16(6)19(26)28-12-3/h13,15,17H,10-12,14H2,1-9H3,(H,22,27)/t17-/m1/s1. The number of carbonyl (C=O) groups excluding carboxylic acids is 3. The summed E-state index contributed by atoms with van der Waals surface area (Å²) in [5.41, 5.74) is -0.163. The molecule has 0 heterocycles. The molecule has 162 valence electrons. The van der Waals surface area contributed by atoms with Gasteiger partial charge in [0.1, 0.15) is 0 Å². The minimum atomic E-state index is -0.628. The third-order valence-electron chi connectivity index (χ3n) is 5.39. The topological polar surface area (TPSA) is 79.0 Å². The van der Waals surface area contributed by atoms with E-state index in [9.17, 15) is 14.4 Å². The first-order valence-electron chi connectivity index (χ1n) is 10.0. The highest BCUT2D eigenvalue weighted by Crippen LogP contribution is 2.21. The molecule has 0 aromatic rings. The van der Waals surface area contributed by atoms with E-state index < -0.39 is 5.54 Å². The van der Waals surface area contributed by atoms with Gasteiger partial charge in [-0.05, 0) is 46.7 Å². The van der Waals surface area contributed by atoms with Gasteiger partial charge in [-0.2, -0.15) is 0 Å². The van der Waals surface area contributed by atoms with Gasteiger partial charge in [0.2, 0.25) is 11.8 Å². The van der Waals surface area contributed by atoms with Crippen LogP contribution in [0.3, 0.4) is 0 Å². The van der Waals surface area contributed by atoms with Crippen LogP contribution < -0.4 is 5.32 Å². The summed E-state index contributed by atoms with van der Waals surface area (Å²) in [7, 11) is 5.43. The molecule has 0 spiro atoms. The maximum Gasteiger partial charge on any atom is 0.333 e. The SMILES string of the molecule is CCOC(=O)C(C)=C[C@H](C(C)C)N(C)C(=O)CNC(=O)C(CC)(CC)N(C)C. The van der Waals surface area contributed by atoms with E-state index in [-0.39, 0.29) is 36.3 Å². The van der Waals surface area contributed by atoms with Crippen LogP contribution in [0.15, 0.2) is 11.6 Å². The number of likely N-dealkylation sites (N-methyl/N-ethyl adjacent to an activating group) is 2. The summed E-state index contributed by atoms with van der Waals surface area (Å²) in [4.78, 5) is 40.8. The molecule has 0 fully saturated rings. The number of carbonyl (C=O) groups is 3. The molecule has 0 saturated heterocycles. The van der Waals surface area contributed by atoms with Crippen LogP contribution in [0.2, 0.25) is 0 Å². The molecular weight excluding hydrogens is 358 g/mol. The quantitative estimate of drug-likeness (QED) is 0.427. The van der Waals surface area contributed by atoms with Crippen LogP contribution in [0.4, 0.5) is 0 Å². The second kappa shape index (κ2) is 11.8. The van der Waals surface area contributed by atoms with Gasteiger partial charge in [0.15, 0.2) is 0 Å². The Kier molecular flexibility index (Phi) is 11.0. The molecule has 0 bridgehead atoms. The fourth-order valence-corrected chi connectivity index (χ4v) is 3.34. The van der Waals surface area contributed by atoms with E-state index in [1.54, 1.807) is 31.9 Å². The second-order valence-electron chi connectivity index (χ2n) is 7.63. The zero-order valence-electron chi connectivity index (χ0n) is 19.1. The van der Waals surface area contributed by atoms with E-state index in [4.69, 9.17) is 4.74 Å². The lowest BCUT2D eigenvalue weighted by atomic mass is 9.90. The zero-order chi connectivity index (χ0) is 22.1. The van der Waals surface area contributed by atoms with E-state index in [1.807, 2.05) is 46.7 Å². The lowest BCUT2D eigenvalue weighted by molar-refractivity contribution is -0.138. The third-order valence-corrected chi connectivity index (χ3v) is 5.39. The van der Waals surface area contributed by atoms with E-state index in [0.29, 0.717) is 25.0 Å². The summed E-state index contributed by atoms with van der Waals surface area (Å²) in [5.74, 6) is -0.645. The van der Waals surface area contributed by atoms with Gasteiger partial charge in [-0.1, -0.05) is 33.8 Å². The molecule has 7 heteroatoms. The number of rotatable bonds is 11. The molecule has 0 unspecified atom stereocenters. The van der Waals surface area contributed by atoms with Crippen molar-refractivity contribution >= 4 is 17.8 Å². The van der Waals surface area contributed by atoms with Crippen molar-refractivity contribution in [2.45, 2.75) is 66.0 Å². The van der Waals surface area contributed by atoms with Crippen LogP contribution in [0, 0.1) is 5.92 Å². The zero-order valence-corrected chi connectivity index (χ0v) is 19.1. The van der Waals surface area contributed by atoms with Crippen LogP contribution in [0.5, 0.6) is 0 Å². The molecule has 7 nitrogen and oxygen atoms in total. The first-order chi connectivity index (χ1) is 13.0. The van der Waals surface area contributed by atoms with Crippen molar-refractivity contribution in [3.8, 4) is 0 Å². The van der Waals surface area contributed by atoms with Crippen molar-refractivity contribution in [2.75, 3.05) is 34.3 Å². The summed E-state index contributed by atoms with van der Waals surface area (Å²) in [6.07, 6.45) is 3.06. The maximum atomic E-state index is 12.7. The lowest BCUT2D eigenvalue weighted by Crippen LogP contribution is -2.57. The average Bonchev–Trinajstić information content (AvgIpc) is 2.64. The Balaban J connectivity index is 5.23. The number of amides is 2. The monoisotopic (exact) mass is 397 g/mol. The highest BCUT2D eigenvalue weighted by molar-refractivity contribution is 5.90. The van der Waals surface area contributed by atoms with Crippen LogP contribution in [0.1, 0.15) is 54.4 Å². The summed E-state index contributed by atoms with van der Waals surface area (Å²) >= 11 is 0. The lowest BCUT2D eigenvalue weighted by Gasteiger charge is -2.37. The highest BCUT2D eigenvalue weighted by Gasteiger charge is 2.37. The van der Waals surface area contributed by atoms with Gasteiger partial charge >= 0.3 is 5.97 Å². The van der Waals surface area contributed by atoms with Crippen molar-refractivity contribution in [1.82, 2.24) is 15.1 Å². The van der Waals surface area contributed by atoms with Gasteiger partial charge in [0.05, 0.1) is 24.7 Å². The predicted octanol–water partition coefficient (Wildman–Crippen LogP) is 2.22. The molecule has 0 aromatic carbocycles. The first-order valence-corrected chi connectivity index (χ1v) is 10.0. The minimum absolute atomic E-state index is 0.0829. The highest BCUT2D eigenvalue weighted by atomic mass is 16.5.